The molecule has 4 fully saturated rings. The van der Waals surface area contributed by atoms with Crippen LogP contribution in [0.4, 0.5) is 4.79 Å². The summed E-state index contributed by atoms with van der Waals surface area (Å²) in [6, 6.07) is 19.5. The Kier molecular flexibility index (Phi) is 8.80. The predicted molar refractivity (Wildman–Crippen MR) is 162 cm³/mol. The lowest BCUT2D eigenvalue weighted by molar-refractivity contribution is -0.138. The molecule has 226 valence electrons. The first-order valence-corrected chi connectivity index (χ1v) is 16.0. The van der Waals surface area contributed by atoms with Gasteiger partial charge in [-0.3, -0.25) is 14.5 Å². The van der Waals surface area contributed by atoms with Crippen LogP contribution in [0.2, 0.25) is 0 Å². The largest absolute Gasteiger partial charge is 0.441 e. The van der Waals surface area contributed by atoms with E-state index >= 15 is 0 Å². The maximum Gasteiger partial charge on any atom is 0.410 e. The fourth-order valence-corrected chi connectivity index (χ4v) is 7.58. The average Bonchev–Trinajstić information content (AvgIpc) is 3.36. The number of carbonyl (C=O) groups is 3. The average molecular weight is 583 g/mol. The standard InChI is InChI=1S/C35H42N4O4/c36-22-30-8-4-5-9-31(30)24-37-20-16-35(17-21-37)25-39(34(42)43-35)23-26-10-12-29(13-11-26)33(41)38-18-14-28(15-19-38)32(40)27-6-2-1-3-7-27/h1-9,26,28-29H,10-21,23-25H2. The molecule has 0 atom stereocenters. The quantitative estimate of drug-likeness (QED) is 0.413. The summed E-state index contributed by atoms with van der Waals surface area (Å²) in [7, 11) is 0. The molecule has 43 heavy (non-hydrogen) atoms. The molecule has 2 amide bonds. The minimum Gasteiger partial charge on any atom is -0.441 e. The highest BCUT2D eigenvalue weighted by molar-refractivity contribution is 5.98. The van der Waals surface area contributed by atoms with E-state index in [2.05, 4.69) is 11.0 Å². The van der Waals surface area contributed by atoms with Gasteiger partial charge < -0.3 is 14.5 Å². The Hall–Kier alpha value is -3.70. The normalized spacial score (nSPS) is 24.5. The first-order chi connectivity index (χ1) is 20.9. The summed E-state index contributed by atoms with van der Waals surface area (Å²) >= 11 is 0. The summed E-state index contributed by atoms with van der Waals surface area (Å²) in [6.45, 7) is 5.08. The monoisotopic (exact) mass is 582 g/mol. The lowest BCUT2D eigenvalue weighted by atomic mass is 9.80. The van der Waals surface area contributed by atoms with Gasteiger partial charge in [-0.1, -0.05) is 48.5 Å². The molecular weight excluding hydrogens is 540 g/mol. The van der Waals surface area contributed by atoms with Gasteiger partial charge in [0.15, 0.2) is 5.78 Å². The van der Waals surface area contributed by atoms with Crippen LogP contribution in [-0.4, -0.2) is 77.4 Å². The van der Waals surface area contributed by atoms with Crippen LogP contribution in [-0.2, 0) is 16.1 Å². The van der Waals surface area contributed by atoms with Gasteiger partial charge in [0.2, 0.25) is 5.91 Å². The maximum atomic E-state index is 13.3. The number of ketones is 1. The summed E-state index contributed by atoms with van der Waals surface area (Å²) in [4.78, 5) is 45.3. The third-order valence-corrected chi connectivity index (χ3v) is 10.3. The Bertz CT molecular complexity index is 1350. The van der Waals surface area contributed by atoms with Crippen molar-refractivity contribution in [3.8, 4) is 6.07 Å². The van der Waals surface area contributed by atoms with E-state index in [1.165, 1.54) is 0 Å². The Morgan fingerprint density at radius 1 is 0.860 bits per heavy atom. The maximum absolute atomic E-state index is 13.3. The van der Waals surface area contributed by atoms with Gasteiger partial charge in [-0.25, -0.2) is 4.79 Å². The number of Topliss-reactive ketones (excluding diaryl/α,β-unsaturated/α-hetero) is 1. The molecule has 2 aromatic rings. The van der Waals surface area contributed by atoms with E-state index in [1.54, 1.807) is 0 Å². The molecule has 3 saturated heterocycles. The highest BCUT2D eigenvalue weighted by atomic mass is 16.6. The van der Waals surface area contributed by atoms with E-state index in [0.717, 1.165) is 87.7 Å². The van der Waals surface area contributed by atoms with Crippen molar-refractivity contribution in [2.75, 3.05) is 39.3 Å². The van der Waals surface area contributed by atoms with E-state index in [4.69, 9.17) is 4.74 Å². The van der Waals surface area contributed by atoms with Crippen LogP contribution in [0.15, 0.2) is 54.6 Å². The molecule has 1 spiro atoms. The van der Waals surface area contributed by atoms with Crippen LogP contribution in [0.5, 0.6) is 0 Å². The minimum absolute atomic E-state index is 0.00165. The zero-order valence-corrected chi connectivity index (χ0v) is 25.0. The van der Waals surface area contributed by atoms with Crippen molar-refractivity contribution in [3.63, 3.8) is 0 Å². The van der Waals surface area contributed by atoms with Crippen molar-refractivity contribution in [1.82, 2.24) is 14.7 Å². The van der Waals surface area contributed by atoms with Gasteiger partial charge in [0.25, 0.3) is 0 Å². The number of hydrogen-bond acceptors (Lipinski definition) is 6. The molecule has 0 aromatic heterocycles. The van der Waals surface area contributed by atoms with E-state index < -0.39 is 5.60 Å². The molecule has 8 heteroatoms. The van der Waals surface area contributed by atoms with Crippen molar-refractivity contribution in [3.05, 3.63) is 71.3 Å². The van der Waals surface area contributed by atoms with Gasteiger partial charge >= 0.3 is 6.09 Å². The molecular formula is C35H42N4O4. The highest BCUT2D eigenvalue weighted by Gasteiger charge is 2.47. The number of ether oxygens (including phenoxy) is 1. The number of amides is 2. The molecule has 8 nitrogen and oxygen atoms in total. The van der Waals surface area contributed by atoms with Gasteiger partial charge in [0.1, 0.15) is 5.60 Å². The fourth-order valence-electron chi connectivity index (χ4n) is 7.58. The molecule has 0 unspecified atom stereocenters. The van der Waals surface area contributed by atoms with Crippen LogP contribution in [0.25, 0.3) is 0 Å². The van der Waals surface area contributed by atoms with Crippen molar-refractivity contribution in [1.29, 1.82) is 5.26 Å². The number of rotatable bonds is 7. The van der Waals surface area contributed by atoms with Gasteiger partial charge in [0.05, 0.1) is 18.2 Å². The predicted octanol–water partition coefficient (Wildman–Crippen LogP) is 5.27. The van der Waals surface area contributed by atoms with Crippen LogP contribution >= 0.6 is 0 Å². The van der Waals surface area contributed by atoms with Crippen molar-refractivity contribution in [2.24, 2.45) is 17.8 Å². The Balaban J connectivity index is 0.928. The zero-order chi connectivity index (χ0) is 29.8. The molecule has 3 aliphatic heterocycles. The number of benzene rings is 2. The lowest BCUT2D eigenvalue weighted by Crippen LogP contribution is -2.47. The number of hydrogen-bond donors (Lipinski definition) is 0. The summed E-state index contributed by atoms with van der Waals surface area (Å²) in [5, 5.41) is 9.41. The van der Waals surface area contributed by atoms with Gasteiger partial charge in [-0.2, -0.15) is 5.26 Å². The third kappa shape index (κ3) is 6.62. The number of piperidine rings is 2. The molecule has 1 aliphatic carbocycles. The van der Waals surface area contributed by atoms with Crippen LogP contribution < -0.4 is 0 Å². The van der Waals surface area contributed by atoms with Crippen LogP contribution in [0, 0.1) is 29.1 Å². The molecule has 6 rings (SSSR count). The van der Waals surface area contributed by atoms with E-state index in [0.29, 0.717) is 32.1 Å². The van der Waals surface area contributed by atoms with E-state index in [-0.39, 0.29) is 29.6 Å². The number of nitriles is 1. The van der Waals surface area contributed by atoms with Crippen molar-refractivity contribution < 1.29 is 19.1 Å². The first kappa shape index (κ1) is 29.4. The Morgan fingerprint density at radius 3 is 2.23 bits per heavy atom. The van der Waals surface area contributed by atoms with Crippen molar-refractivity contribution in [2.45, 2.75) is 63.5 Å². The van der Waals surface area contributed by atoms with Crippen LogP contribution in [0.1, 0.15) is 72.9 Å². The zero-order valence-electron chi connectivity index (χ0n) is 25.0. The Morgan fingerprint density at radius 2 is 1.53 bits per heavy atom. The van der Waals surface area contributed by atoms with Crippen LogP contribution in [0.3, 0.4) is 0 Å². The molecule has 4 aliphatic rings. The third-order valence-electron chi connectivity index (χ3n) is 10.3. The second kappa shape index (κ2) is 12.9. The summed E-state index contributed by atoms with van der Waals surface area (Å²) in [6.07, 6.45) is 6.49. The smallest absolute Gasteiger partial charge is 0.410 e. The summed E-state index contributed by atoms with van der Waals surface area (Å²) < 4.78 is 6.00. The number of carbonyl (C=O) groups excluding carboxylic acids is 3. The van der Waals surface area contributed by atoms with Crippen molar-refractivity contribution >= 4 is 17.8 Å². The lowest BCUT2D eigenvalue weighted by Gasteiger charge is -2.38. The van der Waals surface area contributed by atoms with E-state index in [9.17, 15) is 19.6 Å². The topological polar surface area (TPSA) is 94.0 Å². The molecule has 0 radical (unpaired) electrons. The first-order valence-electron chi connectivity index (χ1n) is 16.0. The van der Waals surface area contributed by atoms with Gasteiger partial charge in [-0.15, -0.1) is 0 Å². The minimum atomic E-state index is -0.413. The molecule has 0 bridgehead atoms. The second-order valence-corrected chi connectivity index (χ2v) is 13.0. The molecule has 3 heterocycles. The summed E-state index contributed by atoms with van der Waals surface area (Å²) in [5.74, 6) is 0.877. The Labute approximate surface area is 254 Å². The second-order valence-electron chi connectivity index (χ2n) is 13.0. The number of nitrogens with zero attached hydrogens (tertiary/aromatic N) is 4. The van der Waals surface area contributed by atoms with Gasteiger partial charge in [0, 0.05) is 69.5 Å². The molecule has 1 saturated carbocycles. The highest BCUT2D eigenvalue weighted by Crippen LogP contribution is 2.37. The molecule has 2 aromatic carbocycles. The summed E-state index contributed by atoms with van der Waals surface area (Å²) in [5.41, 5.74) is 2.12. The molecule has 0 N–H and O–H groups in total. The SMILES string of the molecule is N#Cc1ccccc1CN1CCC2(CC1)CN(CC1CCC(C(=O)N3CCC(C(=O)c4ccccc4)CC3)CC1)C(=O)O2. The fraction of sp³-hybridized carbons (Fsp3) is 0.543. The number of likely N-dealkylation sites (tertiary alicyclic amines) is 2. The van der Waals surface area contributed by atoms with E-state index in [1.807, 2.05) is 64.4 Å². The van der Waals surface area contributed by atoms with Gasteiger partial charge in [-0.05, 0) is 56.1 Å².